The van der Waals surface area contributed by atoms with Crippen LogP contribution in [0.3, 0.4) is 0 Å². The summed E-state index contributed by atoms with van der Waals surface area (Å²) in [6, 6.07) is 0. The van der Waals surface area contributed by atoms with Gasteiger partial charge in [0.05, 0.1) is 5.60 Å². The maximum atomic E-state index is 11.8. The molecule has 20 heavy (non-hydrogen) atoms. The lowest BCUT2D eigenvalue weighted by atomic mass is 9.77. The van der Waals surface area contributed by atoms with E-state index in [1.165, 1.54) is 4.57 Å². The van der Waals surface area contributed by atoms with Gasteiger partial charge in [-0.05, 0) is 26.2 Å². The standard InChI is InChI=1S/C13H18N4O3/c1-3-17-10-9(11(18)16-12(17)19)14-8(15-10)7-13(20-2)5-4-6-13/h3-7H2,1-2H3,(H,14,15)(H,16,18,19). The Morgan fingerprint density at radius 1 is 1.35 bits per heavy atom. The van der Waals surface area contributed by atoms with E-state index in [0.29, 0.717) is 30.0 Å². The normalized spacial score (nSPS) is 17.3. The van der Waals surface area contributed by atoms with Gasteiger partial charge in [0, 0.05) is 20.1 Å². The average Bonchev–Trinajstić information content (AvgIpc) is 2.78. The highest BCUT2D eigenvalue weighted by molar-refractivity contribution is 5.69. The van der Waals surface area contributed by atoms with Crippen LogP contribution in [0, 0.1) is 0 Å². The summed E-state index contributed by atoms with van der Waals surface area (Å²) >= 11 is 0. The Morgan fingerprint density at radius 2 is 2.10 bits per heavy atom. The number of aromatic nitrogens is 4. The molecule has 7 heteroatoms. The molecular weight excluding hydrogens is 260 g/mol. The van der Waals surface area contributed by atoms with Crippen LogP contribution < -0.4 is 11.2 Å². The van der Waals surface area contributed by atoms with Crippen molar-refractivity contribution in [1.82, 2.24) is 19.5 Å². The fraction of sp³-hybridized carbons (Fsp3) is 0.615. The van der Waals surface area contributed by atoms with E-state index in [0.717, 1.165) is 19.3 Å². The minimum Gasteiger partial charge on any atom is -0.378 e. The van der Waals surface area contributed by atoms with Crippen molar-refractivity contribution in [1.29, 1.82) is 0 Å². The van der Waals surface area contributed by atoms with Gasteiger partial charge in [-0.2, -0.15) is 0 Å². The SMILES string of the molecule is CCn1c(=O)[nH]c(=O)c2[nH]c(CC3(OC)CCC3)nc21. The van der Waals surface area contributed by atoms with Gasteiger partial charge in [-0.3, -0.25) is 14.3 Å². The number of aromatic amines is 2. The monoisotopic (exact) mass is 278 g/mol. The third kappa shape index (κ3) is 1.89. The van der Waals surface area contributed by atoms with E-state index < -0.39 is 11.2 Å². The van der Waals surface area contributed by atoms with Crippen LogP contribution in [0.15, 0.2) is 9.59 Å². The summed E-state index contributed by atoms with van der Waals surface area (Å²) in [5.74, 6) is 0.694. The fourth-order valence-corrected chi connectivity index (χ4v) is 2.80. The fourth-order valence-electron chi connectivity index (χ4n) is 2.80. The van der Waals surface area contributed by atoms with Crippen molar-refractivity contribution < 1.29 is 4.74 Å². The van der Waals surface area contributed by atoms with Gasteiger partial charge < -0.3 is 9.72 Å². The Kier molecular flexibility index (Phi) is 3.01. The number of aryl methyl sites for hydroxylation is 1. The van der Waals surface area contributed by atoms with Crippen molar-refractivity contribution in [2.24, 2.45) is 0 Å². The summed E-state index contributed by atoms with van der Waals surface area (Å²) in [7, 11) is 1.70. The molecule has 2 aromatic rings. The largest absolute Gasteiger partial charge is 0.378 e. The van der Waals surface area contributed by atoms with Crippen molar-refractivity contribution in [3.05, 3.63) is 26.7 Å². The highest BCUT2D eigenvalue weighted by Gasteiger charge is 2.38. The maximum Gasteiger partial charge on any atom is 0.330 e. The van der Waals surface area contributed by atoms with Gasteiger partial charge in [-0.25, -0.2) is 9.78 Å². The molecule has 0 atom stereocenters. The summed E-state index contributed by atoms with van der Waals surface area (Å²) in [4.78, 5) is 33.3. The van der Waals surface area contributed by atoms with E-state index in [4.69, 9.17) is 4.74 Å². The van der Waals surface area contributed by atoms with Crippen molar-refractivity contribution in [2.75, 3.05) is 7.11 Å². The predicted molar refractivity (Wildman–Crippen MR) is 73.9 cm³/mol. The van der Waals surface area contributed by atoms with Crippen LogP contribution in [0.1, 0.15) is 32.0 Å². The van der Waals surface area contributed by atoms with Crippen LogP contribution in [-0.2, 0) is 17.7 Å². The molecule has 1 saturated carbocycles. The molecule has 108 valence electrons. The Balaban J connectivity index is 2.09. The minimum atomic E-state index is -0.423. The molecule has 2 heterocycles. The molecule has 0 spiro atoms. The van der Waals surface area contributed by atoms with Gasteiger partial charge in [-0.1, -0.05) is 0 Å². The Hall–Kier alpha value is -1.89. The minimum absolute atomic E-state index is 0.169. The van der Waals surface area contributed by atoms with Gasteiger partial charge in [0.15, 0.2) is 5.65 Å². The second-order valence-electron chi connectivity index (χ2n) is 5.30. The van der Waals surface area contributed by atoms with Crippen LogP contribution >= 0.6 is 0 Å². The lowest BCUT2D eigenvalue weighted by Gasteiger charge is -2.39. The van der Waals surface area contributed by atoms with Crippen molar-refractivity contribution in [2.45, 2.75) is 44.8 Å². The smallest absolute Gasteiger partial charge is 0.330 e. The van der Waals surface area contributed by atoms with Gasteiger partial charge >= 0.3 is 5.69 Å². The van der Waals surface area contributed by atoms with E-state index in [1.54, 1.807) is 7.11 Å². The van der Waals surface area contributed by atoms with Gasteiger partial charge in [0.25, 0.3) is 5.56 Å². The number of ether oxygens (including phenoxy) is 1. The van der Waals surface area contributed by atoms with Crippen LogP contribution in [0.5, 0.6) is 0 Å². The van der Waals surface area contributed by atoms with Crippen molar-refractivity contribution in [3.63, 3.8) is 0 Å². The zero-order valence-corrected chi connectivity index (χ0v) is 11.7. The summed E-state index contributed by atoms with van der Waals surface area (Å²) < 4.78 is 7.03. The number of fused-ring (bicyclic) bond motifs is 1. The first-order valence-corrected chi connectivity index (χ1v) is 6.85. The molecular formula is C13H18N4O3. The van der Waals surface area contributed by atoms with Crippen LogP contribution in [0.25, 0.3) is 11.2 Å². The maximum absolute atomic E-state index is 11.8. The summed E-state index contributed by atoms with van der Waals surface area (Å²) in [6.07, 6.45) is 3.78. The predicted octanol–water partition coefficient (Wildman–Crippen LogP) is 0.544. The zero-order chi connectivity index (χ0) is 14.3. The topological polar surface area (TPSA) is 92.8 Å². The van der Waals surface area contributed by atoms with Crippen LogP contribution in [0.2, 0.25) is 0 Å². The second-order valence-corrected chi connectivity index (χ2v) is 5.30. The highest BCUT2D eigenvalue weighted by Crippen LogP contribution is 2.37. The molecule has 0 radical (unpaired) electrons. The summed E-state index contributed by atoms with van der Waals surface area (Å²) in [6.45, 7) is 2.31. The van der Waals surface area contributed by atoms with Gasteiger partial charge in [0.2, 0.25) is 0 Å². The summed E-state index contributed by atoms with van der Waals surface area (Å²) in [5.41, 5.74) is -0.242. The molecule has 0 aliphatic heterocycles. The zero-order valence-electron chi connectivity index (χ0n) is 11.7. The highest BCUT2D eigenvalue weighted by atomic mass is 16.5. The molecule has 0 unspecified atom stereocenters. The van der Waals surface area contributed by atoms with E-state index in [9.17, 15) is 9.59 Å². The lowest BCUT2D eigenvalue weighted by Crippen LogP contribution is -2.41. The third-order valence-corrected chi connectivity index (χ3v) is 4.19. The van der Waals surface area contributed by atoms with Crippen LogP contribution in [0.4, 0.5) is 0 Å². The Morgan fingerprint density at radius 3 is 2.65 bits per heavy atom. The van der Waals surface area contributed by atoms with Crippen molar-refractivity contribution in [3.8, 4) is 0 Å². The second kappa shape index (κ2) is 4.59. The average molecular weight is 278 g/mol. The number of rotatable bonds is 4. The summed E-state index contributed by atoms with van der Waals surface area (Å²) in [5, 5.41) is 0. The molecule has 1 aliphatic rings. The number of methoxy groups -OCH3 is 1. The molecule has 7 nitrogen and oxygen atoms in total. The molecule has 1 fully saturated rings. The Bertz CT molecular complexity index is 746. The van der Waals surface area contributed by atoms with E-state index in [1.807, 2.05) is 6.92 Å². The Labute approximate surface area is 115 Å². The number of hydrogen-bond acceptors (Lipinski definition) is 4. The first-order chi connectivity index (χ1) is 9.58. The molecule has 3 rings (SSSR count). The van der Waals surface area contributed by atoms with E-state index in [2.05, 4.69) is 15.0 Å². The van der Waals surface area contributed by atoms with Gasteiger partial charge in [0.1, 0.15) is 11.3 Å². The molecule has 2 aromatic heterocycles. The number of nitrogens with one attached hydrogen (secondary N) is 2. The first-order valence-electron chi connectivity index (χ1n) is 6.85. The van der Waals surface area contributed by atoms with E-state index in [-0.39, 0.29) is 5.60 Å². The number of imidazole rings is 1. The quantitative estimate of drug-likeness (QED) is 0.854. The molecule has 0 bridgehead atoms. The molecule has 0 aromatic carbocycles. The number of H-pyrrole nitrogens is 2. The lowest BCUT2D eigenvalue weighted by molar-refractivity contribution is -0.0719. The van der Waals surface area contributed by atoms with Crippen LogP contribution in [-0.4, -0.2) is 32.2 Å². The van der Waals surface area contributed by atoms with Gasteiger partial charge in [-0.15, -0.1) is 0 Å². The first kappa shape index (κ1) is 13.1. The molecule has 0 saturated heterocycles. The molecule has 1 aliphatic carbocycles. The van der Waals surface area contributed by atoms with E-state index >= 15 is 0 Å². The number of hydrogen-bond donors (Lipinski definition) is 2. The third-order valence-electron chi connectivity index (χ3n) is 4.19. The molecule has 2 N–H and O–H groups in total. The number of nitrogens with zero attached hydrogens (tertiary/aromatic N) is 2. The molecule has 0 amide bonds. The van der Waals surface area contributed by atoms with Crippen molar-refractivity contribution >= 4 is 11.2 Å².